The minimum atomic E-state index is 0.155. The topological polar surface area (TPSA) is 32.7 Å². The molecule has 0 amide bonds. The standard InChI is InChI=1S/C32H39NO2S/c34-27-15-18-31-29(23-27)32(30(24-35-31)25-11-5-4-6-12-25)26-13-16-28(17-14-26)36-22-10-3-1-2-7-19-33-20-8-9-21-33/h4-6,11-18,23,30,32,34H,1-3,7-10,19-22,24H2/t30-,32-/m1/s1. The number of phenols is 1. The Labute approximate surface area is 220 Å². The number of unbranched alkanes of at least 4 members (excludes halogenated alkanes) is 4. The molecule has 36 heavy (non-hydrogen) atoms. The lowest BCUT2D eigenvalue weighted by Crippen LogP contribution is -2.25. The second-order valence-corrected chi connectivity index (χ2v) is 11.4. The normalized spacial score (nSPS) is 19.7. The number of fused-ring (bicyclic) bond motifs is 1. The van der Waals surface area contributed by atoms with Gasteiger partial charge in [-0.15, -0.1) is 11.8 Å². The summed E-state index contributed by atoms with van der Waals surface area (Å²) in [4.78, 5) is 3.97. The van der Waals surface area contributed by atoms with Crippen LogP contribution in [0.4, 0.5) is 0 Å². The molecule has 1 saturated heterocycles. The number of hydrogen-bond acceptors (Lipinski definition) is 4. The average molecular weight is 502 g/mol. The molecule has 5 rings (SSSR count). The van der Waals surface area contributed by atoms with Crippen molar-refractivity contribution in [3.63, 3.8) is 0 Å². The first-order valence-electron chi connectivity index (χ1n) is 13.7. The van der Waals surface area contributed by atoms with Gasteiger partial charge in [-0.3, -0.25) is 0 Å². The Morgan fingerprint density at radius 2 is 1.56 bits per heavy atom. The monoisotopic (exact) mass is 501 g/mol. The van der Waals surface area contributed by atoms with Crippen molar-refractivity contribution < 1.29 is 9.84 Å². The molecule has 2 aliphatic rings. The number of benzene rings is 3. The summed E-state index contributed by atoms with van der Waals surface area (Å²) >= 11 is 1.97. The summed E-state index contributed by atoms with van der Waals surface area (Å²) in [5.74, 6) is 2.72. The minimum Gasteiger partial charge on any atom is -0.508 e. The molecule has 0 saturated carbocycles. The van der Waals surface area contributed by atoms with E-state index in [0.717, 1.165) is 11.3 Å². The molecule has 3 aromatic rings. The first kappa shape index (κ1) is 25.2. The van der Waals surface area contributed by atoms with Gasteiger partial charge < -0.3 is 14.7 Å². The predicted octanol–water partition coefficient (Wildman–Crippen LogP) is 7.84. The molecule has 0 aliphatic carbocycles. The number of aromatic hydroxyl groups is 1. The highest BCUT2D eigenvalue weighted by Crippen LogP contribution is 2.47. The molecule has 2 atom stereocenters. The van der Waals surface area contributed by atoms with E-state index in [-0.39, 0.29) is 11.8 Å². The number of rotatable bonds is 11. The van der Waals surface area contributed by atoms with Gasteiger partial charge in [0.15, 0.2) is 0 Å². The van der Waals surface area contributed by atoms with Crippen LogP contribution in [0.1, 0.15) is 73.5 Å². The summed E-state index contributed by atoms with van der Waals surface area (Å²) in [6, 6.07) is 25.2. The summed E-state index contributed by atoms with van der Waals surface area (Å²) in [6.07, 6.45) is 9.54. The molecule has 3 aromatic carbocycles. The fraction of sp³-hybridized carbons (Fsp3) is 0.438. The van der Waals surface area contributed by atoms with Crippen LogP contribution in [0.3, 0.4) is 0 Å². The van der Waals surface area contributed by atoms with Crippen LogP contribution < -0.4 is 4.74 Å². The number of ether oxygens (including phenoxy) is 1. The van der Waals surface area contributed by atoms with Gasteiger partial charge in [0.05, 0.1) is 6.61 Å². The first-order valence-corrected chi connectivity index (χ1v) is 14.7. The van der Waals surface area contributed by atoms with Gasteiger partial charge in [-0.1, -0.05) is 61.7 Å². The Hall–Kier alpha value is -2.43. The Balaban J connectivity index is 1.16. The van der Waals surface area contributed by atoms with Crippen LogP contribution >= 0.6 is 11.8 Å². The minimum absolute atomic E-state index is 0.155. The summed E-state index contributed by atoms with van der Waals surface area (Å²) in [5.41, 5.74) is 3.62. The fourth-order valence-corrected chi connectivity index (χ4v) is 6.65. The zero-order chi connectivity index (χ0) is 24.6. The first-order chi connectivity index (χ1) is 17.8. The molecular weight excluding hydrogens is 462 g/mol. The van der Waals surface area contributed by atoms with E-state index >= 15 is 0 Å². The van der Waals surface area contributed by atoms with Gasteiger partial charge in [0.25, 0.3) is 0 Å². The van der Waals surface area contributed by atoms with Crippen molar-refractivity contribution >= 4 is 11.8 Å². The lowest BCUT2D eigenvalue weighted by Gasteiger charge is -2.34. The van der Waals surface area contributed by atoms with Gasteiger partial charge in [0, 0.05) is 22.3 Å². The smallest absolute Gasteiger partial charge is 0.123 e. The third kappa shape index (κ3) is 6.46. The zero-order valence-electron chi connectivity index (χ0n) is 21.3. The van der Waals surface area contributed by atoms with Crippen LogP contribution in [0.15, 0.2) is 77.7 Å². The van der Waals surface area contributed by atoms with E-state index in [2.05, 4.69) is 59.5 Å². The molecule has 3 nitrogen and oxygen atoms in total. The fourth-order valence-electron chi connectivity index (χ4n) is 5.74. The number of phenolic OH excluding ortho intramolecular Hbond substituents is 1. The summed E-state index contributed by atoms with van der Waals surface area (Å²) in [6.45, 7) is 4.60. The molecule has 0 unspecified atom stereocenters. The van der Waals surface area contributed by atoms with Crippen LogP contribution in [-0.4, -0.2) is 42.0 Å². The average Bonchev–Trinajstić information content (AvgIpc) is 3.44. The predicted molar refractivity (Wildman–Crippen MR) is 151 cm³/mol. The van der Waals surface area contributed by atoms with Crippen LogP contribution in [0, 0.1) is 0 Å². The number of likely N-dealkylation sites (tertiary alicyclic amines) is 1. The Morgan fingerprint density at radius 3 is 2.36 bits per heavy atom. The highest BCUT2D eigenvalue weighted by atomic mass is 32.2. The third-order valence-electron chi connectivity index (χ3n) is 7.70. The molecule has 1 fully saturated rings. The Bertz CT molecular complexity index is 1080. The van der Waals surface area contributed by atoms with E-state index in [1.165, 1.54) is 86.4 Å². The van der Waals surface area contributed by atoms with Crippen molar-refractivity contribution in [2.75, 3.05) is 32.0 Å². The molecule has 4 heteroatoms. The van der Waals surface area contributed by atoms with Crippen molar-refractivity contribution in [1.29, 1.82) is 0 Å². The largest absolute Gasteiger partial charge is 0.508 e. The second-order valence-electron chi connectivity index (χ2n) is 10.3. The number of nitrogens with zero attached hydrogens (tertiary/aromatic N) is 1. The van der Waals surface area contributed by atoms with Gasteiger partial charge in [-0.25, -0.2) is 0 Å². The van der Waals surface area contributed by atoms with E-state index < -0.39 is 0 Å². The lowest BCUT2D eigenvalue weighted by atomic mass is 9.76. The second kappa shape index (κ2) is 12.7. The highest BCUT2D eigenvalue weighted by molar-refractivity contribution is 7.99. The van der Waals surface area contributed by atoms with Gasteiger partial charge in [-0.2, -0.15) is 0 Å². The zero-order valence-corrected chi connectivity index (χ0v) is 22.1. The summed E-state index contributed by atoms with van der Waals surface area (Å²) in [7, 11) is 0. The van der Waals surface area contributed by atoms with Gasteiger partial charge in [-0.05, 0) is 92.5 Å². The van der Waals surface area contributed by atoms with Gasteiger partial charge in [0.1, 0.15) is 11.5 Å². The SMILES string of the molecule is Oc1ccc2c(c1)[C@@H](c1ccc(SCCCCCCCN3CCCC3)cc1)[C@@H](c1ccccc1)CO2. The molecule has 190 valence electrons. The highest BCUT2D eigenvalue weighted by Gasteiger charge is 2.33. The van der Waals surface area contributed by atoms with E-state index in [1.807, 2.05) is 23.9 Å². The molecule has 2 aliphatic heterocycles. The maximum atomic E-state index is 10.2. The number of thioether (sulfide) groups is 1. The van der Waals surface area contributed by atoms with Crippen LogP contribution in [-0.2, 0) is 0 Å². The summed E-state index contributed by atoms with van der Waals surface area (Å²) < 4.78 is 6.13. The van der Waals surface area contributed by atoms with Crippen molar-refractivity contribution in [3.05, 3.63) is 89.5 Å². The van der Waals surface area contributed by atoms with E-state index in [9.17, 15) is 5.11 Å². The van der Waals surface area contributed by atoms with Crippen LogP contribution in [0.2, 0.25) is 0 Å². The van der Waals surface area contributed by atoms with Gasteiger partial charge in [0.2, 0.25) is 0 Å². The quantitative estimate of drug-likeness (QED) is 0.214. The molecule has 0 bridgehead atoms. The molecule has 0 spiro atoms. The van der Waals surface area contributed by atoms with Crippen molar-refractivity contribution in [2.24, 2.45) is 0 Å². The molecule has 0 aromatic heterocycles. The maximum absolute atomic E-state index is 10.2. The van der Waals surface area contributed by atoms with Crippen molar-refractivity contribution in [1.82, 2.24) is 4.90 Å². The van der Waals surface area contributed by atoms with E-state index in [1.54, 1.807) is 6.07 Å². The summed E-state index contributed by atoms with van der Waals surface area (Å²) in [5, 5.41) is 10.2. The van der Waals surface area contributed by atoms with Crippen LogP contribution in [0.25, 0.3) is 0 Å². The van der Waals surface area contributed by atoms with E-state index in [4.69, 9.17) is 4.74 Å². The lowest BCUT2D eigenvalue weighted by molar-refractivity contribution is 0.248. The van der Waals surface area contributed by atoms with E-state index in [0.29, 0.717) is 12.4 Å². The van der Waals surface area contributed by atoms with Crippen molar-refractivity contribution in [3.8, 4) is 11.5 Å². The third-order valence-corrected chi connectivity index (χ3v) is 8.80. The molecule has 0 radical (unpaired) electrons. The maximum Gasteiger partial charge on any atom is 0.123 e. The Morgan fingerprint density at radius 1 is 0.806 bits per heavy atom. The van der Waals surface area contributed by atoms with Crippen LogP contribution in [0.5, 0.6) is 11.5 Å². The molecule has 2 heterocycles. The molecular formula is C32H39NO2S. The number of hydrogen-bond donors (Lipinski definition) is 1. The Kier molecular flexibility index (Phi) is 8.90. The van der Waals surface area contributed by atoms with Gasteiger partial charge >= 0.3 is 0 Å². The van der Waals surface area contributed by atoms with Crippen molar-refractivity contribution in [2.45, 2.75) is 61.7 Å². The molecule has 1 N–H and O–H groups in total.